The van der Waals surface area contributed by atoms with Crippen molar-refractivity contribution in [2.24, 2.45) is 0 Å². The summed E-state index contributed by atoms with van der Waals surface area (Å²) < 4.78 is 5.27. The van der Waals surface area contributed by atoms with Gasteiger partial charge < -0.3 is 20.3 Å². The van der Waals surface area contributed by atoms with E-state index in [9.17, 15) is 15.0 Å². The van der Waals surface area contributed by atoms with Gasteiger partial charge in [-0.15, -0.1) is 0 Å². The van der Waals surface area contributed by atoms with Crippen LogP contribution in [0.1, 0.15) is 17.3 Å². The van der Waals surface area contributed by atoms with Gasteiger partial charge in [0.2, 0.25) is 0 Å². The van der Waals surface area contributed by atoms with Gasteiger partial charge >= 0.3 is 0 Å². The summed E-state index contributed by atoms with van der Waals surface area (Å²) in [6.07, 6.45) is 0. The number of carbonyl (C=O) groups is 1. The molecule has 20 heavy (non-hydrogen) atoms. The number of phenols is 2. The predicted octanol–water partition coefficient (Wildman–Crippen LogP) is 0.548. The standard InChI is InChI=1S/C14H20N2O4/c1-10(9-16-5-7-20-8-6-16)15-14(19)11-3-2-4-12(17)13(11)18/h2-4,10,17-18H,5-9H2,1H3,(H,15,19). The summed E-state index contributed by atoms with van der Waals surface area (Å²) in [5, 5.41) is 21.9. The third-order valence-corrected chi connectivity index (χ3v) is 3.27. The first-order chi connectivity index (χ1) is 9.58. The van der Waals surface area contributed by atoms with Gasteiger partial charge in [0.15, 0.2) is 11.5 Å². The van der Waals surface area contributed by atoms with E-state index < -0.39 is 0 Å². The molecule has 3 N–H and O–H groups in total. The van der Waals surface area contributed by atoms with Crippen molar-refractivity contribution in [2.45, 2.75) is 13.0 Å². The number of nitrogens with zero attached hydrogens (tertiary/aromatic N) is 1. The van der Waals surface area contributed by atoms with E-state index in [2.05, 4.69) is 10.2 Å². The second-order valence-corrected chi connectivity index (χ2v) is 4.96. The number of rotatable bonds is 4. The van der Waals surface area contributed by atoms with Crippen molar-refractivity contribution in [3.63, 3.8) is 0 Å². The van der Waals surface area contributed by atoms with Crippen LogP contribution in [0.25, 0.3) is 0 Å². The quantitative estimate of drug-likeness (QED) is 0.702. The fourth-order valence-corrected chi connectivity index (χ4v) is 2.23. The molecule has 1 aromatic rings. The molecule has 2 rings (SSSR count). The Hall–Kier alpha value is -1.79. The second kappa shape index (κ2) is 6.58. The highest BCUT2D eigenvalue weighted by Gasteiger charge is 2.18. The monoisotopic (exact) mass is 280 g/mol. The lowest BCUT2D eigenvalue weighted by atomic mass is 10.1. The number of nitrogens with one attached hydrogen (secondary N) is 1. The van der Waals surface area contributed by atoms with Crippen molar-refractivity contribution >= 4 is 5.91 Å². The fourth-order valence-electron chi connectivity index (χ4n) is 2.23. The number of morpholine rings is 1. The lowest BCUT2D eigenvalue weighted by molar-refractivity contribution is 0.0342. The maximum absolute atomic E-state index is 12.0. The Labute approximate surface area is 118 Å². The van der Waals surface area contributed by atoms with Crippen molar-refractivity contribution in [2.75, 3.05) is 32.8 Å². The third kappa shape index (κ3) is 3.61. The molecule has 1 aliphatic rings. The Morgan fingerprint density at radius 1 is 1.40 bits per heavy atom. The second-order valence-electron chi connectivity index (χ2n) is 4.96. The van der Waals surface area contributed by atoms with Crippen LogP contribution in [-0.2, 0) is 4.74 Å². The number of para-hydroxylation sites is 1. The predicted molar refractivity (Wildman–Crippen MR) is 74.0 cm³/mol. The van der Waals surface area contributed by atoms with E-state index in [0.717, 1.165) is 19.6 Å². The minimum Gasteiger partial charge on any atom is -0.504 e. The summed E-state index contributed by atoms with van der Waals surface area (Å²) in [6.45, 7) is 5.79. The van der Waals surface area contributed by atoms with Gasteiger partial charge in [-0.1, -0.05) is 6.07 Å². The van der Waals surface area contributed by atoms with E-state index in [1.54, 1.807) is 0 Å². The highest BCUT2D eigenvalue weighted by Crippen LogP contribution is 2.27. The van der Waals surface area contributed by atoms with E-state index in [1.807, 2.05) is 6.92 Å². The zero-order valence-electron chi connectivity index (χ0n) is 11.5. The number of ether oxygens (including phenoxy) is 1. The number of hydrogen-bond acceptors (Lipinski definition) is 5. The van der Waals surface area contributed by atoms with E-state index >= 15 is 0 Å². The van der Waals surface area contributed by atoms with Crippen molar-refractivity contribution in [1.82, 2.24) is 10.2 Å². The number of benzene rings is 1. The molecule has 1 saturated heterocycles. The van der Waals surface area contributed by atoms with Crippen LogP contribution in [0.2, 0.25) is 0 Å². The molecule has 0 bridgehead atoms. The maximum atomic E-state index is 12.0. The highest BCUT2D eigenvalue weighted by molar-refractivity contribution is 5.97. The smallest absolute Gasteiger partial charge is 0.255 e. The first-order valence-electron chi connectivity index (χ1n) is 6.70. The fraction of sp³-hybridized carbons (Fsp3) is 0.500. The zero-order chi connectivity index (χ0) is 14.5. The molecule has 0 spiro atoms. The molecule has 1 fully saturated rings. The summed E-state index contributed by atoms with van der Waals surface area (Å²) in [6, 6.07) is 4.29. The number of amides is 1. The van der Waals surface area contributed by atoms with Gasteiger partial charge in [0.05, 0.1) is 18.8 Å². The van der Waals surface area contributed by atoms with E-state index in [-0.39, 0.29) is 29.0 Å². The van der Waals surface area contributed by atoms with Crippen LogP contribution < -0.4 is 5.32 Å². The summed E-state index contributed by atoms with van der Waals surface area (Å²) in [5.41, 5.74) is 0.0822. The van der Waals surface area contributed by atoms with Crippen LogP contribution in [-0.4, -0.2) is 59.9 Å². The van der Waals surface area contributed by atoms with Gasteiger partial charge in [-0.2, -0.15) is 0 Å². The molecule has 1 heterocycles. The largest absolute Gasteiger partial charge is 0.504 e. The Kier molecular flexibility index (Phi) is 4.81. The summed E-state index contributed by atoms with van der Waals surface area (Å²) >= 11 is 0. The van der Waals surface area contributed by atoms with Gasteiger partial charge in [-0.25, -0.2) is 0 Å². The Morgan fingerprint density at radius 3 is 2.80 bits per heavy atom. The van der Waals surface area contributed by atoms with Crippen LogP contribution in [0.5, 0.6) is 11.5 Å². The van der Waals surface area contributed by atoms with Crippen molar-refractivity contribution in [3.8, 4) is 11.5 Å². The van der Waals surface area contributed by atoms with Crippen molar-refractivity contribution in [1.29, 1.82) is 0 Å². The number of aromatic hydroxyl groups is 2. The highest BCUT2D eigenvalue weighted by atomic mass is 16.5. The number of carbonyl (C=O) groups excluding carboxylic acids is 1. The molecule has 0 saturated carbocycles. The molecule has 1 atom stereocenters. The average Bonchev–Trinajstić information content (AvgIpc) is 2.42. The zero-order valence-corrected chi connectivity index (χ0v) is 11.5. The van der Waals surface area contributed by atoms with Crippen LogP contribution in [0.3, 0.4) is 0 Å². The molecular weight excluding hydrogens is 260 g/mol. The third-order valence-electron chi connectivity index (χ3n) is 3.27. The van der Waals surface area contributed by atoms with Gasteiger partial charge in [-0.3, -0.25) is 9.69 Å². The Bertz CT molecular complexity index is 472. The average molecular weight is 280 g/mol. The minimum atomic E-state index is -0.390. The van der Waals surface area contributed by atoms with Gasteiger partial charge in [0, 0.05) is 25.7 Å². The molecule has 1 aromatic carbocycles. The van der Waals surface area contributed by atoms with Crippen LogP contribution in [0, 0.1) is 0 Å². The minimum absolute atomic E-state index is 0.0534. The molecule has 1 aliphatic heterocycles. The molecular formula is C14H20N2O4. The first-order valence-corrected chi connectivity index (χ1v) is 6.70. The van der Waals surface area contributed by atoms with Crippen LogP contribution in [0.4, 0.5) is 0 Å². The topological polar surface area (TPSA) is 82.0 Å². The molecule has 6 nitrogen and oxygen atoms in total. The molecule has 0 aliphatic carbocycles. The van der Waals surface area contributed by atoms with Crippen LogP contribution in [0.15, 0.2) is 18.2 Å². The van der Waals surface area contributed by atoms with Crippen molar-refractivity contribution in [3.05, 3.63) is 23.8 Å². The van der Waals surface area contributed by atoms with Gasteiger partial charge in [-0.05, 0) is 19.1 Å². The normalized spacial score (nSPS) is 17.6. The molecule has 1 amide bonds. The van der Waals surface area contributed by atoms with E-state index in [4.69, 9.17) is 4.74 Å². The molecule has 0 aromatic heterocycles. The van der Waals surface area contributed by atoms with Gasteiger partial charge in [0.25, 0.3) is 5.91 Å². The summed E-state index contributed by atoms with van der Waals surface area (Å²) in [5.74, 6) is -1.07. The molecule has 110 valence electrons. The Balaban J connectivity index is 1.91. The summed E-state index contributed by atoms with van der Waals surface area (Å²) in [7, 11) is 0. The summed E-state index contributed by atoms with van der Waals surface area (Å²) in [4.78, 5) is 14.3. The number of phenolic OH excluding ortho intramolecular Hbond substituents is 2. The maximum Gasteiger partial charge on any atom is 0.255 e. The molecule has 1 unspecified atom stereocenters. The van der Waals surface area contributed by atoms with E-state index in [0.29, 0.717) is 13.2 Å². The SMILES string of the molecule is CC(CN1CCOCC1)NC(=O)c1cccc(O)c1O. The van der Waals surface area contributed by atoms with E-state index in [1.165, 1.54) is 18.2 Å². The van der Waals surface area contributed by atoms with Gasteiger partial charge in [0.1, 0.15) is 0 Å². The van der Waals surface area contributed by atoms with Crippen molar-refractivity contribution < 1.29 is 19.7 Å². The first kappa shape index (κ1) is 14.6. The molecule has 0 radical (unpaired) electrons. The van der Waals surface area contributed by atoms with Crippen LogP contribution >= 0.6 is 0 Å². The lowest BCUT2D eigenvalue weighted by Gasteiger charge is -2.29. The number of hydrogen-bond donors (Lipinski definition) is 3. The lowest BCUT2D eigenvalue weighted by Crippen LogP contribution is -2.46. The Morgan fingerprint density at radius 2 is 2.10 bits per heavy atom. The molecule has 6 heteroatoms.